The quantitative estimate of drug-likeness (QED) is 0.902. The molecule has 0 aromatic heterocycles. The highest BCUT2D eigenvalue weighted by Gasteiger charge is 2.07. The molecular formula is C16H16F2N2O. The van der Waals surface area contributed by atoms with E-state index in [4.69, 9.17) is 0 Å². The first-order chi connectivity index (χ1) is 9.95. The van der Waals surface area contributed by atoms with Crippen LogP contribution in [-0.2, 0) is 4.79 Å². The van der Waals surface area contributed by atoms with E-state index in [0.717, 1.165) is 28.9 Å². The first-order valence-corrected chi connectivity index (χ1v) is 6.52. The largest absolute Gasteiger partial charge is 0.374 e. The average molecular weight is 290 g/mol. The summed E-state index contributed by atoms with van der Waals surface area (Å²) in [4.78, 5) is 11.9. The van der Waals surface area contributed by atoms with Crippen LogP contribution in [0.25, 0.3) is 0 Å². The average Bonchev–Trinajstić information content (AvgIpc) is 2.42. The molecule has 0 unspecified atom stereocenters. The predicted molar refractivity (Wildman–Crippen MR) is 79.4 cm³/mol. The van der Waals surface area contributed by atoms with E-state index in [0.29, 0.717) is 0 Å². The van der Waals surface area contributed by atoms with Gasteiger partial charge in [-0.15, -0.1) is 0 Å². The summed E-state index contributed by atoms with van der Waals surface area (Å²) in [5.41, 5.74) is 2.80. The Hall–Kier alpha value is -2.43. The van der Waals surface area contributed by atoms with Crippen LogP contribution in [0.4, 0.5) is 20.2 Å². The molecule has 0 spiro atoms. The van der Waals surface area contributed by atoms with Crippen molar-refractivity contribution < 1.29 is 13.6 Å². The Labute approximate surface area is 122 Å². The summed E-state index contributed by atoms with van der Waals surface area (Å²) < 4.78 is 26.2. The van der Waals surface area contributed by atoms with Gasteiger partial charge in [0.25, 0.3) is 0 Å². The summed E-state index contributed by atoms with van der Waals surface area (Å²) in [6.07, 6.45) is 0. The molecule has 2 aromatic carbocycles. The monoisotopic (exact) mass is 290 g/mol. The predicted octanol–water partition coefficient (Wildman–Crippen LogP) is 3.63. The highest BCUT2D eigenvalue weighted by atomic mass is 19.1. The number of aryl methyl sites for hydroxylation is 2. The topological polar surface area (TPSA) is 41.1 Å². The molecular weight excluding hydrogens is 274 g/mol. The van der Waals surface area contributed by atoms with Crippen LogP contribution in [0.1, 0.15) is 11.1 Å². The maximum Gasteiger partial charge on any atom is 0.243 e. The van der Waals surface area contributed by atoms with Gasteiger partial charge in [-0.1, -0.05) is 12.1 Å². The molecule has 5 heteroatoms. The van der Waals surface area contributed by atoms with Crippen LogP contribution in [0.5, 0.6) is 0 Å². The van der Waals surface area contributed by atoms with Gasteiger partial charge in [0, 0.05) is 11.8 Å². The molecule has 0 aliphatic heterocycles. The molecule has 0 saturated carbocycles. The van der Waals surface area contributed by atoms with Gasteiger partial charge in [0.05, 0.1) is 12.2 Å². The van der Waals surface area contributed by atoms with Crippen molar-refractivity contribution in [3.05, 3.63) is 59.2 Å². The fourth-order valence-electron chi connectivity index (χ4n) is 1.87. The molecule has 0 heterocycles. The normalized spacial score (nSPS) is 10.3. The lowest BCUT2D eigenvalue weighted by Crippen LogP contribution is -2.22. The van der Waals surface area contributed by atoms with E-state index in [1.165, 1.54) is 6.07 Å². The van der Waals surface area contributed by atoms with Crippen LogP contribution < -0.4 is 10.6 Å². The maximum absolute atomic E-state index is 13.4. The summed E-state index contributed by atoms with van der Waals surface area (Å²) in [5, 5.41) is 5.39. The van der Waals surface area contributed by atoms with E-state index < -0.39 is 11.6 Å². The van der Waals surface area contributed by atoms with E-state index in [1.54, 1.807) is 0 Å². The van der Waals surface area contributed by atoms with Crippen molar-refractivity contribution in [1.82, 2.24) is 0 Å². The maximum atomic E-state index is 13.4. The molecule has 2 aromatic rings. The highest BCUT2D eigenvalue weighted by Crippen LogP contribution is 2.17. The zero-order valence-corrected chi connectivity index (χ0v) is 11.8. The number of amides is 1. The van der Waals surface area contributed by atoms with Crippen molar-refractivity contribution in [2.45, 2.75) is 13.8 Å². The third-order valence-electron chi connectivity index (χ3n) is 3.04. The molecule has 0 aliphatic rings. The Bertz CT molecular complexity index is 671. The Morgan fingerprint density at radius 3 is 2.52 bits per heavy atom. The number of nitrogens with one attached hydrogen (secondary N) is 2. The molecule has 0 fully saturated rings. The van der Waals surface area contributed by atoms with E-state index in [2.05, 4.69) is 10.6 Å². The lowest BCUT2D eigenvalue weighted by atomic mass is 10.1. The Kier molecular flexibility index (Phi) is 4.52. The van der Waals surface area contributed by atoms with Crippen molar-refractivity contribution in [3.63, 3.8) is 0 Å². The third kappa shape index (κ3) is 4.02. The number of benzene rings is 2. The highest BCUT2D eigenvalue weighted by molar-refractivity contribution is 5.94. The number of anilines is 2. The minimum absolute atomic E-state index is 0.0903. The van der Waals surface area contributed by atoms with Crippen LogP contribution in [0, 0.1) is 25.5 Å². The van der Waals surface area contributed by atoms with Gasteiger partial charge in [0.1, 0.15) is 11.6 Å². The molecule has 2 rings (SSSR count). The van der Waals surface area contributed by atoms with Crippen LogP contribution >= 0.6 is 0 Å². The molecule has 0 radical (unpaired) electrons. The summed E-state index contributed by atoms with van der Waals surface area (Å²) in [6, 6.07) is 8.90. The number of hydrogen-bond donors (Lipinski definition) is 2. The van der Waals surface area contributed by atoms with Crippen LogP contribution in [0.15, 0.2) is 36.4 Å². The molecule has 1 amide bonds. The molecule has 0 bridgehead atoms. The Morgan fingerprint density at radius 2 is 1.81 bits per heavy atom. The van der Waals surface area contributed by atoms with Crippen molar-refractivity contribution >= 4 is 17.3 Å². The molecule has 3 nitrogen and oxygen atoms in total. The van der Waals surface area contributed by atoms with Gasteiger partial charge < -0.3 is 10.6 Å². The zero-order chi connectivity index (χ0) is 15.4. The van der Waals surface area contributed by atoms with E-state index in [1.807, 2.05) is 32.0 Å². The third-order valence-corrected chi connectivity index (χ3v) is 3.04. The summed E-state index contributed by atoms with van der Waals surface area (Å²) in [5.74, 6) is -1.68. The number of halogens is 2. The summed E-state index contributed by atoms with van der Waals surface area (Å²) >= 11 is 0. The summed E-state index contributed by atoms with van der Waals surface area (Å²) in [6.45, 7) is 3.72. The van der Waals surface area contributed by atoms with Crippen molar-refractivity contribution in [3.8, 4) is 0 Å². The Morgan fingerprint density at radius 1 is 1.05 bits per heavy atom. The van der Waals surface area contributed by atoms with Gasteiger partial charge in [0.2, 0.25) is 5.91 Å². The fourth-order valence-corrected chi connectivity index (χ4v) is 1.87. The molecule has 0 saturated heterocycles. The van der Waals surface area contributed by atoms with Gasteiger partial charge >= 0.3 is 0 Å². The zero-order valence-electron chi connectivity index (χ0n) is 11.8. The lowest BCUT2D eigenvalue weighted by molar-refractivity contribution is -0.114. The molecule has 0 atom stereocenters. The fraction of sp³-hybridized carbons (Fsp3) is 0.188. The molecule has 2 N–H and O–H groups in total. The number of carbonyl (C=O) groups excluding carboxylic acids is 1. The number of rotatable bonds is 4. The first kappa shape index (κ1) is 15.0. The van der Waals surface area contributed by atoms with Gasteiger partial charge in [-0.3, -0.25) is 4.79 Å². The van der Waals surface area contributed by atoms with Crippen molar-refractivity contribution in [2.24, 2.45) is 0 Å². The second kappa shape index (κ2) is 6.35. The van der Waals surface area contributed by atoms with Gasteiger partial charge in [0.15, 0.2) is 0 Å². The molecule has 21 heavy (non-hydrogen) atoms. The smallest absolute Gasteiger partial charge is 0.243 e. The summed E-state index contributed by atoms with van der Waals surface area (Å²) in [7, 11) is 0. The van der Waals surface area contributed by atoms with Gasteiger partial charge in [-0.05, 0) is 43.2 Å². The van der Waals surface area contributed by atoms with E-state index >= 15 is 0 Å². The van der Waals surface area contributed by atoms with Crippen LogP contribution in [-0.4, -0.2) is 12.5 Å². The standard InChI is InChI=1S/C16H16F2N2O/c1-10-3-4-11(2)15(7-10)20-16(21)9-19-14-6-5-12(17)8-13(14)18/h3-8,19H,9H2,1-2H3,(H,20,21). The van der Waals surface area contributed by atoms with Crippen molar-refractivity contribution in [2.75, 3.05) is 17.2 Å². The first-order valence-electron chi connectivity index (χ1n) is 6.52. The van der Waals surface area contributed by atoms with Crippen LogP contribution in [0.3, 0.4) is 0 Å². The van der Waals surface area contributed by atoms with Gasteiger partial charge in [-0.2, -0.15) is 0 Å². The second-order valence-electron chi connectivity index (χ2n) is 4.84. The lowest BCUT2D eigenvalue weighted by Gasteiger charge is -2.11. The number of hydrogen-bond acceptors (Lipinski definition) is 2. The van der Waals surface area contributed by atoms with Gasteiger partial charge in [-0.25, -0.2) is 8.78 Å². The minimum Gasteiger partial charge on any atom is -0.374 e. The van der Waals surface area contributed by atoms with E-state index in [-0.39, 0.29) is 18.1 Å². The Balaban J connectivity index is 1.97. The SMILES string of the molecule is Cc1ccc(C)c(NC(=O)CNc2ccc(F)cc2F)c1. The van der Waals surface area contributed by atoms with Crippen LogP contribution in [0.2, 0.25) is 0 Å². The minimum atomic E-state index is -0.727. The van der Waals surface area contributed by atoms with E-state index in [9.17, 15) is 13.6 Å². The molecule has 0 aliphatic carbocycles. The number of carbonyl (C=O) groups is 1. The van der Waals surface area contributed by atoms with Crippen molar-refractivity contribution in [1.29, 1.82) is 0 Å². The molecule has 110 valence electrons. The second-order valence-corrected chi connectivity index (χ2v) is 4.84.